The van der Waals surface area contributed by atoms with E-state index < -0.39 is 0 Å². The van der Waals surface area contributed by atoms with Crippen molar-refractivity contribution < 1.29 is 0 Å². The Bertz CT molecular complexity index is 199. The van der Waals surface area contributed by atoms with Gasteiger partial charge >= 0.3 is 0 Å². The van der Waals surface area contributed by atoms with Crippen molar-refractivity contribution >= 4 is 0 Å². The van der Waals surface area contributed by atoms with Crippen LogP contribution >= 0.6 is 0 Å². The third-order valence-electron chi connectivity index (χ3n) is 4.04. The van der Waals surface area contributed by atoms with E-state index >= 15 is 0 Å². The van der Waals surface area contributed by atoms with E-state index in [1.54, 1.807) is 0 Å². The van der Waals surface area contributed by atoms with Crippen molar-refractivity contribution in [1.29, 1.82) is 0 Å². The summed E-state index contributed by atoms with van der Waals surface area (Å²) >= 11 is 0. The second-order valence-electron chi connectivity index (χ2n) is 5.38. The van der Waals surface area contributed by atoms with E-state index in [1.165, 1.54) is 45.6 Å². The molecule has 2 aliphatic rings. The highest BCUT2D eigenvalue weighted by Gasteiger charge is 2.29. The maximum atomic E-state index is 2.74. The number of nitrogens with zero attached hydrogens (tertiary/aromatic N) is 3. The lowest BCUT2D eigenvalue weighted by Crippen LogP contribution is -2.56. The van der Waals surface area contributed by atoms with Gasteiger partial charge in [-0.2, -0.15) is 0 Å². The highest BCUT2D eigenvalue weighted by Crippen LogP contribution is 2.20. The number of piperazine rings is 1. The van der Waals surface area contributed by atoms with Crippen LogP contribution in [0.25, 0.3) is 0 Å². The van der Waals surface area contributed by atoms with Crippen LogP contribution in [0, 0.1) is 0 Å². The Morgan fingerprint density at radius 1 is 0.867 bits per heavy atom. The van der Waals surface area contributed by atoms with Gasteiger partial charge in [-0.1, -0.05) is 0 Å². The fourth-order valence-corrected chi connectivity index (χ4v) is 3.02. The Morgan fingerprint density at radius 3 is 2.13 bits per heavy atom. The third kappa shape index (κ3) is 2.71. The lowest BCUT2D eigenvalue weighted by molar-refractivity contribution is 0.0343. The van der Waals surface area contributed by atoms with Gasteiger partial charge in [0.1, 0.15) is 0 Å². The van der Waals surface area contributed by atoms with Crippen molar-refractivity contribution in [2.45, 2.75) is 31.8 Å². The summed E-state index contributed by atoms with van der Waals surface area (Å²) in [4.78, 5) is 7.65. The monoisotopic (exact) mass is 211 g/mol. The average molecular weight is 211 g/mol. The van der Waals surface area contributed by atoms with Gasteiger partial charge in [-0.25, -0.2) is 0 Å². The Hall–Kier alpha value is -0.120. The maximum absolute atomic E-state index is 2.74. The van der Waals surface area contributed by atoms with Crippen LogP contribution < -0.4 is 0 Å². The highest BCUT2D eigenvalue weighted by atomic mass is 15.3. The standard InChI is InChI=1S/C12H25N3/c1-11-10-14(3)8-9-15(11)12-4-6-13(2)7-5-12/h11-12H,4-10H2,1-3H3/t11-/m0/s1. The molecule has 0 bridgehead atoms. The molecule has 0 amide bonds. The largest absolute Gasteiger partial charge is 0.306 e. The molecule has 2 aliphatic heterocycles. The van der Waals surface area contributed by atoms with Gasteiger partial charge in [-0.05, 0) is 47.0 Å². The molecule has 2 fully saturated rings. The van der Waals surface area contributed by atoms with Gasteiger partial charge in [0, 0.05) is 31.7 Å². The summed E-state index contributed by atoms with van der Waals surface area (Å²) in [6.07, 6.45) is 2.73. The van der Waals surface area contributed by atoms with Gasteiger partial charge in [0.15, 0.2) is 0 Å². The molecule has 88 valence electrons. The molecule has 2 saturated heterocycles. The summed E-state index contributed by atoms with van der Waals surface area (Å²) in [5.41, 5.74) is 0. The third-order valence-corrected chi connectivity index (χ3v) is 4.04. The molecule has 15 heavy (non-hydrogen) atoms. The quantitative estimate of drug-likeness (QED) is 0.633. The molecule has 1 atom stereocenters. The molecule has 0 aromatic heterocycles. The summed E-state index contributed by atoms with van der Waals surface area (Å²) in [6.45, 7) is 8.70. The Balaban J connectivity index is 1.87. The van der Waals surface area contributed by atoms with Crippen LogP contribution in [0.2, 0.25) is 0 Å². The molecular formula is C12H25N3. The second-order valence-corrected chi connectivity index (χ2v) is 5.38. The minimum absolute atomic E-state index is 0.747. The first-order chi connectivity index (χ1) is 7.16. The predicted octanol–water partition coefficient (Wildman–Crippen LogP) is 0.717. The molecule has 0 unspecified atom stereocenters. The number of hydrogen-bond acceptors (Lipinski definition) is 3. The molecule has 0 saturated carbocycles. The van der Waals surface area contributed by atoms with Gasteiger partial charge in [0.25, 0.3) is 0 Å². The molecule has 0 aromatic carbocycles. The number of likely N-dealkylation sites (N-methyl/N-ethyl adjacent to an activating group) is 1. The van der Waals surface area contributed by atoms with Crippen molar-refractivity contribution in [3.05, 3.63) is 0 Å². The first-order valence-corrected chi connectivity index (χ1v) is 6.29. The van der Waals surface area contributed by atoms with E-state index in [4.69, 9.17) is 0 Å². The van der Waals surface area contributed by atoms with Crippen LogP contribution in [0.3, 0.4) is 0 Å². The summed E-state index contributed by atoms with van der Waals surface area (Å²) in [5.74, 6) is 0. The molecule has 0 aromatic rings. The minimum atomic E-state index is 0.747. The molecule has 3 nitrogen and oxygen atoms in total. The van der Waals surface area contributed by atoms with Crippen molar-refractivity contribution in [2.24, 2.45) is 0 Å². The first-order valence-electron chi connectivity index (χ1n) is 6.29. The van der Waals surface area contributed by atoms with Gasteiger partial charge in [-0.3, -0.25) is 4.90 Å². The number of rotatable bonds is 1. The van der Waals surface area contributed by atoms with Crippen LogP contribution in [0.1, 0.15) is 19.8 Å². The first kappa shape index (κ1) is 11.4. The van der Waals surface area contributed by atoms with Gasteiger partial charge in [0.2, 0.25) is 0 Å². The lowest BCUT2D eigenvalue weighted by atomic mass is 10.0. The van der Waals surface area contributed by atoms with Crippen LogP contribution in [0.5, 0.6) is 0 Å². The summed E-state index contributed by atoms with van der Waals surface area (Å²) in [6, 6.07) is 1.60. The molecule has 0 radical (unpaired) electrons. The van der Waals surface area contributed by atoms with Gasteiger partial charge in [0.05, 0.1) is 0 Å². The summed E-state index contributed by atoms with van der Waals surface area (Å²) in [5, 5.41) is 0. The van der Waals surface area contributed by atoms with Crippen molar-refractivity contribution in [1.82, 2.24) is 14.7 Å². The Kier molecular flexibility index (Phi) is 3.65. The highest BCUT2D eigenvalue weighted by molar-refractivity contribution is 4.86. The zero-order chi connectivity index (χ0) is 10.8. The van der Waals surface area contributed by atoms with E-state index in [9.17, 15) is 0 Å². The SMILES string of the molecule is C[C@H]1CN(C)CCN1C1CCN(C)CC1. The fraction of sp³-hybridized carbons (Fsp3) is 1.00. The van der Waals surface area contributed by atoms with Crippen LogP contribution in [0.4, 0.5) is 0 Å². The lowest BCUT2D eigenvalue weighted by Gasteiger charge is -2.45. The zero-order valence-electron chi connectivity index (χ0n) is 10.4. The molecule has 0 spiro atoms. The molecular weight excluding hydrogens is 186 g/mol. The molecule has 2 heterocycles. The zero-order valence-corrected chi connectivity index (χ0v) is 10.4. The molecule has 0 N–H and O–H groups in total. The number of hydrogen-bond donors (Lipinski definition) is 0. The van der Waals surface area contributed by atoms with E-state index in [0.29, 0.717) is 0 Å². The summed E-state index contributed by atoms with van der Waals surface area (Å²) < 4.78 is 0. The van der Waals surface area contributed by atoms with E-state index in [0.717, 1.165) is 12.1 Å². The molecule has 3 heteroatoms. The predicted molar refractivity (Wildman–Crippen MR) is 64.2 cm³/mol. The van der Waals surface area contributed by atoms with E-state index in [-0.39, 0.29) is 0 Å². The average Bonchev–Trinajstić information content (AvgIpc) is 2.20. The number of piperidine rings is 1. The maximum Gasteiger partial charge on any atom is 0.0198 e. The minimum Gasteiger partial charge on any atom is -0.306 e. The molecule has 2 rings (SSSR count). The van der Waals surface area contributed by atoms with Crippen LogP contribution in [0.15, 0.2) is 0 Å². The topological polar surface area (TPSA) is 9.72 Å². The van der Waals surface area contributed by atoms with E-state index in [2.05, 4.69) is 35.7 Å². The number of likely N-dealkylation sites (tertiary alicyclic amines) is 1. The van der Waals surface area contributed by atoms with Crippen molar-refractivity contribution in [2.75, 3.05) is 46.8 Å². The normalized spacial score (nSPS) is 33.4. The van der Waals surface area contributed by atoms with Crippen molar-refractivity contribution in [3.63, 3.8) is 0 Å². The smallest absolute Gasteiger partial charge is 0.0198 e. The van der Waals surface area contributed by atoms with Crippen molar-refractivity contribution in [3.8, 4) is 0 Å². The Labute approximate surface area is 94.0 Å². The fourth-order valence-electron chi connectivity index (χ4n) is 3.02. The van der Waals surface area contributed by atoms with Crippen LogP contribution in [-0.2, 0) is 0 Å². The van der Waals surface area contributed by atoms with Crippen LogP contribution in [-0.4, -0.2) is 73.6 Å². The van der Waals surface area contributed by atoms with E-state index in [1.807, 2.05) is 0 Å². The molecule has 0 aliphatic carbocycles. The summed E-state index contributed by atoms with van der Waals surface area (Å²) in [7, 11) is 4.48. The second kappa shape index (κ2) is 4.81. The van der Waals surface area contributed by atoms with Gasteiger partial charge < -0.3 is 9.80 Å². The Morgan fingerprint density at radius 2 is 1.53 bits per heavy atom. The van der Waals surface area contributed by atoms with Gasteiger partial charge in [-0.15, -0.1) is 0 Å².